The number of ether oxygens (including phenoxy) is 1. The molecule has 0 spiro atoms. The van der Waals surface area contributed by atoms with E-state index in [9.17, 15) is 15.0 Å². The summed E-state index contributed by atoms with van der Waals surface area (Å²) in [5.74, 6) is 0.722. The molecular formula is C21H22O4. The number of rotatable bonds is 4. The number of phenolic OH excluding ortho intramolecular Hbond substituents is 1. The molecule has 2 aromatic carbocycles. The Balaban J connectivity index is 1.94. The van der Waals surface area contributed by atoms with Crippen molar-refractivity contribution in [1.29, 1.82) is 0 Å². The molecule has 0 fully saturated rings. The van der Waals surface area contributed by atoms with Gasteiger partial charge in [-0.2, -0.15) is 0 Å². The lowest BCUT2D eigenvalue weighted by atomic mass is 9.92. The average molecular weight is 338 g/mol. The summed E-state index contributed by atoms with van der Waals surface area (Å²) in [6.45, 7) is 3.95. The lowest BCUT2D eigenvalue weighted by Crippen LogP contribution is -2.21. The van der Waals surface area contributed by atoms with Crippen molar-refractivity contribution in [3.63, 3.8) is 0 Å². The van der Waals surface area contributed by atoms with E-state index in [2.05, 4.69) is 6.08 Å². The van der Waals surface area contributed by atoms with Crippen molar-refractivity contribution < 1.29 is 19.7 Å². The maximum atomic E-state index is 12.6. The lowest BCUT2D eigenvalue weighted by molar-refractivity contribution is 0.0849. The van der Waals surface area contributed by atoms with E-state index in [-0.39, 0.29) is 30.7 Å². The molecule has 4 nitrogen and oxygen atoms in total. The van der Waals surface area contributed by atoms with Crippen LogP contribution in [0.2, 0.25) is 0 Å². The number of aromatic hydroxyl groups is 1. The number of hydrogen-bond acceptors (Lipinski definition) is 4. The zero-order chi connectivity index (χ0) is 18.0. The van der Waals surface area contributed by atoms with Crippen LogP contribution in [0.4, 0.5) is 0 Å². The summed E-state index contributed by atoms with van der Waals surface area (Å²) in [6.07, 6.45) is 2.64. The Kier molecular flexibility index (Phi) is 4.91. The molecule has 2 aromatic rings. The van der Waals surface area contributed by atoms with Gasteiger partial charge < -0.3 is 14.9 Å². The summed E-state index contributed by atoms with van der Waals surface area (Å²) in [4.78, 5) is 12.6. The molecule has 3 rings (SSSR count). The van der Waals surface area contributed by atoms with Gasteiger partial charge in [-0.15, -0.1) is 0 Å². The molecule has 0 amide bonds. The Bertz CT molecular complexity index is 815. The average Bonchev–Trinajstić information content (AvgIpc) is 2.59. The van der Waals surface area contributed by atoms with Crippen LogP contribution in [0.1, 0.15) is 53.4 Å². The second kappa shape index (κ2) is 7.11. The van der Waals surface area contributed by atoms with Gasteiger partial charge in [-0.3, -0.25) is 4.79 Å². The Morgan fingerprint density at radius 2 is 1.92 bits per heavy atom. The highest BCUT2D eigenvalue weighted by molar-refractivity contribution is 6.00. The molecule has 1 unspecified atom stereocenters. The number of fused-ring (bicyclic) bond motifs is 1. The summed E-state index contributed by atoms with van der Waals surface area (Å²) in [5.41, 5.74) is 4.33. The van der Waals surface area contributed by atoms with Gasteiger partial charge in [0.05, 0.1) is 18.6 Å². The van der Waals surface area contributed by atoms with E-state index in [1.54, 1.807) is 30.3 Å². The third-order valence-corrected chi connectivity index (χ3v) is 4.41. The van der Waals surface area contributed by atoms with Crippen LogP contribution in [-0.2, 0) is 13.0 Å². The first-order valence-corrected chi connectivity index (χ1v) is 8.36. The van der Waals surface area contributed by atoms with E-state index in [1.807, 2.05) is 19.9 Å². The van der Waals surface area contributed by atoms with Crippen LogP contribution in [0.15, 0.2) is 48.0 Å². The second-order valence-electron chi connectivity index (χ2n) is 6.59. The second-order valence-corrected chi connectivity index (χ2v) is 6.59. The van der Waals surface area contributed by atoms with Gasteiger partial charge in [0.15, 0.2) is 5.78 Å². The van der Waals surface area contributed by atoms with E-state index in [0.29, 0.717) is 17.7 Å². The highest BCUT2D eigenvalue weighted by Gasteiger charge is 2.28. The monoisotopic (exact) mass is 338 g/mol. The SMILES string of the molecule is CC(C)=CCc1cc2c(cc1CO)OC(c1ccc(O)cc1)CC2=O. The number of carbonyl (C=O) groups is 1. The Labute approximate surface area is 147 Å². The predicted octanol–water partition coefficient (Wildman–Crippen LogP) is 4.10. The fourth-order valence-corrected chi connectivity index (χ4v) is 2.98. The van der Waals surface area contributed by atoms with E-state index in [1.165, 1.54) is 5.57 Å². The molecular weight excluding hydrogens is 316 g/mol. The quantitative estimate of drug-likeness (QED) is 0.824. The number of aliphatic hydroxyl groups is 1. The topological polar surface area (TPSA) is 66.8 Å². The van der Waals surface area contributed by atoms with Gasteiger partial charge in [0.2, 0.25) is 0 Å². The van der Waals surface area contributed by atoms with Crippen molar-refractivity contribution in [2.24, 2.45) is 0 Å². The van der Waals surface area contributed by atoms with Crippen LogP contribution < -0.4 is 4.74 Å². The fourth-order valence-electron chi connectivity index (χ4n) is 2.98. The van der Waals surface area contributed by atoms with E-state index >= 15 is 0 Å². The highest BCUT2D eigenvalue weighted by Crippen LogP contribution is 2.37. The molecule has 1 aliphatic rings. The molecule has 4 heteroatoms. The third kappa shape index (κ3) is 3.74. The molecule has 0 saturated carbocycles. The summed E-state index contributed by atoms with van der Waals surface area (Å²) in [5, 5.41) is 19.1. The largest absolute Gasteiger partial charge is 0.508 e. The molecule has 1 aliphatic heterocycles. The summed E-state index contributed by atoms with van der Waals surface area (Å²) in [7, 11) is 0. The Hall–Kier alpha value is -2.59. The van der Waals surface area contributed by atoms with Crippen LogP contribution in [0.5, 0.6) is 11.5 Å². The van der Waals surface area contributed by atoms with Gasteiger partial charge in [-0.25, -0.2) is 0 Å². The number of allylic oxidation sites excluding steroid dienone is 2. The first-order chi connectivity index (χ1) is 12.0. The van der Waals surface area contributed by atoms with Gasteiger partial charge in [0.1, 0.15) is 17.6 Å². The summed E-state index contributed by atoms with van der Waals surface area (Å²) in [6, 6.07) is 10.3. The molecule has 25 heavy (non-hydrogen) atoms. The smallest absolute Gasteiger partial charge is 0.170 e. The van der Waals surface area contributed by atoms with Crippen LogP contribution in [0.3, 0.4) is 0 Å². The number of hydrogen-bond donors (Lipinski definition) is 2. The zero-order valence-electron chi connectivity index (χ0n) is 14.5. The van der Waals surface area contributed by atoms with Gasteiger partial charge in [0, 0.05) is 0 Å². The number of aliphatic hydroxyl groups excluding tert-OH is 1. The molecule has 0 saturated heterocycles. The van der Waals surface area contributed by atoms with Crippen LogP contribution in [0.25, 0.3) is 0 Å². The number of Topliss-reactive ketones (excluding diaryl/α,β-unsaturated/α-hetero) is 1. The molecule has 130 valence electrons. The normalized spacial score (nSPS) is 16.1. The minimum absolute atomic E-state index is 0.0299. The summed E-state index contributed by atoms with van der Waals surface area (Å²) < 4.78 is 6.02. The minimum Gasteiger partial charge on any atom is -0.508 e. The first-order valence-electron chi connectivity index (χ1n) is 8.36. The first kappa shape index (κ1) is 17.2. The van der Waals surface area contributed by atoms with Crippen molar-refractivity contribution in [3.8, 4) is 11.5 Å². The highest BCUT2D eigenvalue weighted by atomic mass is 16.5. The minimum atomic E-state index is -0.379. The summed E-state index contributed by atoms with van der Waals surface area (Å²) >= 11 is 0. The molecule has 2 N–H and O–H groups in total. The van der Waals surface area contributed by atoms with Crippen molar-refractivity contribution in [2.45, 2.75) is 39.4 Å². The van der Waals surface area contributed by atoms with E-state index < -0.39 is 0 Å². The molecule has 0 radical (unpaired) electrons. The lowest BCUT2D eigenvalue weighted by Gasteiger charge is -2.27. The van der Waals surface area contributed by atoms with Crippen molar-refractivity contribution >= 4 is 5.78 Å². The Morgan fingerprint density at radius 1 is 1.20 bits per heavy atom. The van der Waals surface area contributed by atoms with Gasteiger partial charge in [-0.05, 0) is 61.2 Å². The predicted molar refractivity (Wildman–Crippen MR) is 95.9 cm³/mol. The molecule has 1 atom stereocenters. The van der Waals surface area contributed by atoms with Crippen molar-refractivity contribution in [2.75, 3.05) is 0 Å². The van der Waals surface area contributed by atoms with Gasteiger partial charge in [0.25, 0.3) is 0 Å². The number of benzene rings is 2. The van der Waals surface area contributed by atoms with E-state index in [0.717, 1.165) is 16.7 Å². The van der Waals surface area contributed by atoms with Crippen LogP contribution >= 0.6 is 0 Å². The Morgan fingerprint density at radius 3 is 2.56 bits per heavy atom. The van der Waals surface area contributed by atoms with Gasteiger partial charge >= 0.3 is 0 Å². The van der Waals surface area contributed by atoms with Crippen molar-refractivity contribution in [3.05, 3.63) is 70.3 Å². The van der Waals surface area contributed by atoms with Crippen LogP contribution in [0, 0.1) is 0 Å². The zero-order valence-corrected chi connectivity index (χ0v) is 14.5. The fraction of sp³-hybridized carbons (Fsp3) is 0.286. The number of carbonyl (C=O) groups excluding carboxylic acids is 1. The molecule has 0 aliphatic carbocycles. The molecule has 0 bridgehead atoms. The van der Waals surface area contributed by atoms with Gasteiger partial charge in [-0.1, -0.05) is 23.8 Å². The maximum absolute atomic E-state index is 12.6. The molecule has 0 aromatic heterocycles. The van der Waals surface area contributed by atoms with Crippen LogP contribution in [-0.4, -0.2) is 16.0 Å². The number of phenols is 1. The molecule has 1 heterocycles. The third-order valence-electron chi connectivity index (χ3n) is 4.41. The standard InChI is InChI=1S/C21H22O4/c1-13(2)3-4-15-9-18-19(24)11-20(14-5-7-17(23)8-6-14)25-21(18)10-16(15)12-22/h3,5-10,20,22-23H,4,11-12H2,1-2H3. The van der Waals surface area contributed by atoms with E-state index in [4.69, 9.17) is 4.74 Å². The van der Waals surface area contributed by atoms with Crippen molar-refractivity contribution in [1.82, 2.24) is 0 Å². The number of ketones is 1. The maximum Gasteiger partial charge on any atom is 0.170 e.